The standard InChI is InChI=1S/C18H27N3O2/c1-10-15-11(6-17(2,3)8-13(15)20-22)19-12-7-18(4,5)9-14(21-23)16(10)12/h10,20,22-23H,6-9H2,1-5H3/b21-14+. The van der Waals surface area contributed by atoms with E-state index in [0.29, 0.717) is 0 Å². The smallest absolute Gasteiger partial charge is 0.0857 e. The zero-order valence-electron chi connectivity index (χ0n) is 14.7. The van der Waals surface area contributed by atoms with Crippen LogP contribution in [0.5, 0.6) is 0 Å². The van der Waals surface area contributed by atoms with Crippen molar-refractivity contribution in [3.05, 3.63) is 22.5 Å². The van der Waals surface area contributed by atoms with Crippen LogP contribution in [0.25, 0.3) is 0 Å². The van der Waals surface area contributed by atoms with Gasteiger partial charge < -0.3 is 5.21 Å². The first kappa shape index (κ1) is 16.2. The Hall–Kier alpha value is -1.62. The summed E-state index contributed by atoms with van der Waals surface area (Å²) >= 11 is 0. The SMILES string of the molecule is CC1C2=C(NO)CC(C)(C)CC2=NC2=C1/C(=N/O)CC(C)(C)C2. The maximum Gasteiger partial charge on any atom is 0.0857 e. The lowest BCUT2D eigenvalue weighted by molar-refractivity contribution is 0.179. The van der Waals surface area contributed by atoms with Crippen LogP contribution in [0.2, 0.25) is 0 Å². The molecule has 5 nitrogen and oxygen atoms in total. The summed E-state index contributed by atoms with van der Waals surface area (Å²) in [4.78, 5) is 4.96. The number of fused-ring (bicyclic) bond motifs is 1. The Morgan fingerprint density at radius 3 is 2.30 bits per heavy atom. The van der Waals surface area contributed by atoms with Gasteiger partial charge in [0.2, 0.25) is 0 Å². The second kappa shape index (κ2) is 5.20. The molecule has 1 heterocycles. The van der Waals surface area contributed by atoms with E-state index in [4.69, 9.17) is 4.99 Å². The fourth-order valence-electron chi connectivity index (χ4n) is 4.39. The predicted molar refractivity (Wildman–Crippen MR) is 90.8 cm³/mol. The number of rotatable bonds is 1. The van der Waals surface area contributed by atoms with Crippen LogP contribution in [0.1, 0.15) is 60.3 Å². The summed E-state index contributed by atoms with van der Waals surface area (Å²) in [5.74, 6) is 0.0882. The molecular weight excluding hydrogens is 290 g/mol. The molecule has 3 aliphatic rings. The summed E-state index contributed by atoms with van der Waals surface area (Å²) in [6.45, 7) is 10.9. The highest BCUT2D eigenvalue weighted by atomic mass is 16.5. The molecule has 126 valence electrons. The van der Waals surface area contributed by atoms with Crippen LogP contribution in [0, 0.1) is 16.7 Å². The molecule has 0 radical (unpaired) electrons. The molecule has 1 unspecified atom stereocenters. The molecule has 0 amide bonds. The summed E-state index contributed by atoms with van der Waals surface area (Å²) in [5.41, 5.74) is 8.35. The molecular formula is C18H27N3O2. The maximum atomic E-state index is 9.62. The normalized spacial score (nSPS) is 30.8. The van der Waals surface area contributed by atoms with Crippen molar-refractivity contribution in [1.82, 2.24) is 5.48 Å². The highest BCUT2D eigenvalue weighted by molar-refractivity contribution is 6.10. The Balaban J connectivity index is 2.17. The zero-order chi connectivity index (χ0) is 17.0. The molecule has 23 heavy (non-hydrogen) atoms. The summed E-state index contributed by atoms with van der Waals surface area (Å²) in [6, 6.07) is 0. The summed E-state index contributed by atoms with van der Waals surface area (Å²) in [5, 5.41) is 22.7. The fourth-order valence-corrected chi connectivity index (χ4v) is 4.39. The van der Waals surface area contributed by atoms with Crippen LogP contribution in [0.4, 0.5) is 0 Å². The number of hydroxylamine groups is 1. The van der Waals surface area contributed by atoms with Gasteiger partial charge in [-0.2, -0.15) is 0 Å². The van der Waals surface area contributed by atoms with Crippen molar-refractivity contribution in [3.63, 3.8) is 0 Å². The molecule has 0 aromatic carbocycles. The van der Waals surface area contributed by atoms with E-state index in [1.807, 2.05) is 0 Å². The molecule has 2 aliphatic carbocycles. The summed E-state index contributed by atoms with van der Waals surface area (Å²) in [6.07, 6.45) is 3.34. The molecule has 0 aromatic rings. The molecule has 0 fully saturated rings. The van der Waals surface area contributed by atoms with Gasteiger partial charge in [0.25, 0.3) is 0 Å². The van der Waals surface area contributed by atoms with Gasteiger partial charge in [-0.1, -0.05) is 39.8 Å². The zero-order valence-corrected chi connectivity index (χ0v) is 14.7. The van der Waals surface area contributed by atoms with E-state index in [2.05, 4.69) is 45.3 Å². The van der Waals surface area contributed by atoms with Crippen LogP contribution in [0.15, 0.2) is 32.7 Å². The van der Waals surface area contributed by atoms with Crippen LogP contribution in [0.3, 0.4) is 0 Å². The van der Waals surface area contributed by atoms with Crippen molar-refractivity contribution in [2.45, 2.75) is 60.3 Å². The van der Waals surface area contributed by atoms with Gasteiger partial charge in [-0.25, -0.2) is 0 Å². The molecule has 0 aromatic heterocycles. The number of aliphatic imine (C=N–C) groups is 1. The monoisotopic (exact) mass is 317 g/mol. The van der Waals surface area contributed by atoms with Crippen molar-refractivity contribution >= 4 is 11.4 Å². The van der Waals surface area contributed by atoms with Gasteiger partial charge in [0.05, 0.1) is 5.71 Å². The van der Waals surface area contributed by atoms with Crippen molar-refractivity contribution < 1.29 is 10.4 Å². The van der Waals surface area contributed by atoms with Crippen LogP contribution < -0.4 is 5.48 Å². The van der Waals surface area contributed by atoms with Gasteiger partial charge in [0.1, 0.15) is 0 Å². The van der Waals surface area contributed by atoms with Gasteiger partial charge in [0.15, 0.2) is 0 Å². The highest BCUT2D eigenvalue weighted by Gasteiger charge is 2.42. The van der Waals surface area contributed by atoms with Crippen LogP contribution in [-0.4, -0.2) is 21.8 Å². The van der Waals surface area contributed by atoms with Gasteiger partial charge in [-0.3, -0.25) is 15.7 Å². The molecule has 3 rings (SSSR count). The second-order valence-electron chi connectivity index (χ2n) is 8.73. The molecule has 0 saturated heterocycles. The number of oxime groups is 1. The van der Waals surface area contributed by atoms with E-state index in [1.54, 1.807) is 0 Å². The van der Waals surface area contributed by atoms with E-state index in [9.17, 15) is 10.4 Å². The topological polar surface area (TPSA) is 77.2 Å². The fraction of sp³-hybridized carbons (Fsp3) is 0.667. The molecule has 5 heteroatoms. The lowest BCUT2D eigenvalue weighted by Crippen LogP contribution is -2.38. The molecule has 1 aliphatic heterocycles. The average Bonchev–Trinajstić information content (AvgIpc) is 2.42. The number of nitrogens with one attached hydrogen (secondary N) is 1. The summed E-state index contributed by atoms with van der Waals surface area (Å²) < 4.78 is 0. The van der Waals surface area contributed by atoms with Gasteiger partial charge in [-0.05, 0) is 36.5 Å². The van der Waals surface area contributed by atoms with Crippen molar-refractivity contribution in [3.8, 4) is 0 Å². The number of allylic oxidation sites excluding steroid dienone is 4. The van der Waals surface area contributed by atoms with Gasteiger partial charge >= 0.3 is 0 Å². The van der Waals surface area contributed by atoms with Crippen molar-refractivity contribution in [2.24, 2.45) is 26.9 Å². The lowest BCUT2D eigenvalue weighted by atomic mass is 9.66. The Morgan fingerprint density at radius 1 is 1.04 bits per heavy atom. The third-order valence-electron chi connectivity index (χ3n) is 5.24. The van der Waals surface area contributed by atoms with Crippen LogP contribution >= 0.6 is 0 Å². The Bertz CT molecular complexity index is 666. The van der Waals surface area contributed by atoms with E-state index < -0.39 is 0 Å². The lowest BCUT2D eigenvalue weighted by Gasteiger charge is -2.42. The highest BCUT2D eigenvalue weighted by Crippen LogP contribution is 2.48. The molecule has 1 atom stereocenters. The van der Waals surface area contributed by atoms with E-state index in [1.165, 1.54) is 0 Å². The third kappa shape index (κ3) is 2.71. The maximum absolute atomic E-state index is 9.62. The minimum Gasteiger partial charge on any atom is -0.411 e. The Kier molecular flexibility index (Phi) is 3.67. The van der Waals surface area contributed by atoms with Gasteiger partial charge in [0, 0.05) is 34.2 Å². The average molecular weight is 317 g/mol. The van der Waals surface area contributed by atoms with E-state index in [-0.39, 0.29) is 16.7 Å². The Morgan fingerprint density at radius 2 is 1.70 bits per heavy atom. The minimum absolute atomic E-state index is 0.0492. The van der Waals surface area contributed by atoms with Crippen molar-refractivity contribution in [1.29, 1.82) is 0 Å². The van der Waals surface area contributed by atoms with Gasteiger partial charge in [-0.15, -0.1) is 0 Å². The quantitative estimate of drug-likeness (QED) is 0.504. The molecule has 0 spiro atoms. The first-order valence-electron chi connectivity index (χ1n) is 8.33. The summed E-state index contributed by atoms with van der Waals surface area (Å²) in [7, 11) is 0. The minimum atomic E-state index is 0.0492. The van der Waals surface area contributed by atoms with E-state index in [0.717, 1.165) is 59.6 Å². The number of hydrogen-bond acceptors (Lipinski definition) is 5. The largest absolute Gasteiger partial charge is 0.411 e. The molecule has 0 saturated carbocycles. The first-order valence-corrected chi connectivity index (χ1v) is 8.33. The number of hydrogen-bond donors (Lipinski definition) is 3. The second-order valence-corrected chi connectivity index (χ2v) is 8.73. The predicted octanol–water partition coefficient (Wildman–Crippen LogP) is 4.03. The van der Waals surface area contributed by atoms with E-state index >= 15 is 0 Å². The Labute approximate surface area is 137 Å². The van der Waals surface area contributed by atoms with Crippen molar-refractivity contribution in [2.75, 3.05) is 0 Å². The first-order chi connectivity index (χ1) is 10.7. The number of nitrogens with zero attached hydrogens (tertiary/aromatic N) is 2. The third-order valence-corrected chi connectivity index (χ3v) is 5.24. The van der Waals surface area contributed by atoms with Crippen LogP contribution in [-0.2, 0) is 0 Å². The molecule has 0 bridgehead atoms. The molecule has 3 N–H and O–H groups in total.